The summed E-state index contributed by atoms with van der Waals surface area (Å²) in [5, 5.41) is 0. The molecule has 0 radical (unpaired) electrons. The molecule has 112 valence electrons. The molecule has 3 atom stereocenters. The predicted molar refractivity (Wildman–Crippen MR) is 71.5 cm³/mol. The quantitative estimate of drug-likeness (QED) is 0.557. The molecule has 0 aromatic carbocycles. The maximum absolute atomic E-state index is 13.0. The summed E-state index contributed by atoms with van der Waals surface area (Å²) in [6.45, 7) is 5.72. The number of alkyl halides is 3. The van der Waals surface area contributed by atoms with Crippen LogP contribution in [0.15, 0.2) is 0 Å². The van der Waals surface area contributed by atoms with Crippen molar-refractivity contribution in [3.05, 3.63) is 6.92 Å². The van der Waals surface area contributed by atoms with Gasteiger partial charge in [-0.25, -0.2) is 0 Å². The summed E-state index contributed by atoms with van der Waals surface area (Å²) in [4.78, 5) is 0. The molecule has 20 heavy (non-hydrogen) atoms. The molecule has 2 fully saturated rings. The van der Waals surface area contributed by atoms with Crippen LogP contribution < -0.4 is 0 Å². The van der Waals surface area contributed by atoms with E-state index in [9.17, 15) is 13.2 Å². The Morgan fingerprint density at radius 2 is 1.50 bits per heavy atom. The van der Waals surface area contributed by atoms with E-state index in [1.54, 1.807) is 6.92 Å². The van der Waals surface area contributed by atoms with Gasteiger partial charge in [-0.05, 0) is 37.0 Å². The molecule has 0 N–H and O–H groups in total. The van der Waals surface area contributed by atoms with Crippen molar-refractivity contribution in [2.75, 3.05) is 0 Å². The van der Waals surface area contributed by atoms with Crippen LogP contribution in [0.4, 0.5) is 13.2 Å². The van der Waals surface area contributed by atoms with Crippen LogP contribution in [0.3, 0.4) is 0 Å². The fraction of sp³-hybridized carbons (Fsp3) is 0.938. The fourth-order valence-electron chi connectivity index (χ4n) is 4.19. The number of halogens is 3. The molecule has 2 aliphatic carbocycles. The van der Waals surface area contributed by atoms with Crippen molar-refractivity contribution < 1.29 is 45.9 Å². The molecule has 0 spiro atoms. The van der Waals surface area contributed by atoms with Crippen molar-refractivity contribution in [2.24, 2.45) is 29.6 Å². The van der Waals surface area contributed by atoms with Crippen LogP contribution in [0.2, 0.25) is 0 Å². The van der Waals surface area contributed by atoms with Crippen LogP contribution in [0.1, 0.15) is 58.3 Å². The van der Waals surface area contributed by atoms with E-state index < -0.39 is 12.1 Å². The molecular weight excluding hydrogens is 338 g/mol. The van der Waals surface area contributed by atoms with Crippen LogP contribution in [-0.4, -0.2) is 6.18 Å². The first-order valence-electron chi connectivity index (χ1n) is 7.77. The van der Waals surface area contributed by atoms with Crippen molar-refractivity contribution >= 4 is 0 Å². The zero-order valence-electron chi connectivity index (χ0n) is 12.5. The topological polar surface area (TPSA) is 0 Å². The summed E-state index contributed by atoms with van der Waals surface area (Å²) < 4.78 is 39.1. The minimum absolute atomic E-state index is 0. The van der Waals surface area contributed by atoms with Crippen molar-refractivity contribution in [1.29, 1.82) is 0 Å². The third kappa shape index (κ3) is 4.70. The van der Waals surface area contributed by atoms with E-state index in [-0.39, 0.29) is 38.6 Å². The molecule has 0 heterocycles. The molecule has 0 amide bonds. The van der Waals surface area contributed by atoms with Crippen LogP contribution in [0, 0.1) is 36.5 Å². The molecule has 3 unspecified atom stereocenters. The zero-order valence-corrected chi connectivity index (χ0v) is 15.3. The molecule has 0 aromatic rings. The Balaban J connectivity index is 0.00000200. The second-order valence-corrected chi connectivity index (χ2v) is 6.77. The fourth-order valence-corrected chi connectivity index (χ4v) is 4.19. The Morgan fingerprint density at radius 1 is 0.950 bits per heavy atom. The molecule has 0 aromatic heterocycles. The molecule has 0 nitrogen and oxygen atoms in total. The normalized spacial score (nSPS) is 39.1. The van der Waals surface area contributed by atoms with Crippen molar-refractivity contribution in [2.45, 2.75) is 64.5 Å². The first-order chi connectivity index (χ1) is 8.91. The molecule has 2 saturated carbocycles. The zero-order chi connectivity index (χ0) is 14.0. The Labute approximate surface area is 146 Å². The van der Waals surface area contributed by atoms with E-state index in [4.69, 9.17) is 0 Å². The smallest absolute Gasteiger partial charge is 0.343 e. The second kappa shape index (κ2) is 7.95. The minimum Gasteiger partial charge on any atom is -0.343 e. The van der Waals surface area contributed by atoms with Gasteiger partial charge in [-0.2, -0.15) is 19.6 Å². The molecule has 2 aliphatic rings. The minimum atomic E-state index is -4.00. The van der Waals surface area contributed by atoms with Crippen LogP contribution in [0.25, 0.3) is 0 Å². The van der Waals surface area contributed by atoms with Crippen LogP contribution in [-0.2, 0) is 32.7 Å². The van der Waals surface area contributed by atoms with Gasteiger partial charge >= 0.3 is 38.9 Å². The third-order valence-corrected chi connectivity index (χ3v) is 5.62. The Hall–Kier alpha value is 0.894. The van der Waals surface area contributed by atoms with Crippen molar-refractivity contribution in [1.82, 2.24) is 0 Å². The summed E-state index contributed by atoms with van der Waals surface area (Å²) in [6, 6.07) is 0. The Morgan fingerprint density at radius 3 is 2.00 bits per heavy atom. The monoisotopic (exact) mass is 364 g/mol. The van der Waals surface area contributed by atoms with E-state index in [0.29, 0.717) is 18.3 Å². The van der Waals surface area contributed by atoms with E-state index in [2.05, 4.69) is 6.92 Å². The van der Waals surface area contributed by atoms with E-state index in [1.807, 2.05) is 0 Å². The molecule has 2 rings (SSSR count). The Kier molecular flexibility index (Phi) is 7.53. The molecular formula is C16H26F3Y+2. The van der Waals surface area contributed by atoms with Gasteiger partial charge in [0.1, 0.15) is 0 Å². The average Bonchev–Trinajstić information content (AvgIpc) is 2.38. The second-order valence-electron chi connectivity index (χ2n) is 6.77. The van der Waals surface area contributed by atoms with Gasteiger partial charge in [-0.1, -0.05) is 38.5 Å². The van der Waals surface area contributed by atoms with Gasteiger partial charge in [0, 0.05) is 0 Å². The maximum atomic E-state index is 13.0. The molecule has 0 aliphatic heterocycles. The maximum Gasteiger partial charge on any atom is 3.00 e. The van der Waals surface area contributed by atoms with Gasteiger partial charge < -0.3 is 6.92 Å². The van der Waals surface area contributed by atoms with Gasteiger partial charge in [0.25, 0.3) is 0 Å². The summed E-state index contributed by atoms with van der Waals surface area (Å²) in [7, 11) is 0. The summed E-state index contributed by atoms with van der Waals surface area (Å²) >= 11 is 0. The predicted octanol–water partition coefficient (Wildman–Crippen LogP) is 5.63. The molecule has 0 saturated heterocycles. The molecule has 4 heteroatoms. The number of hydrogen-bond acceptors (Lipinski definition) is 0. The van der Waals surface area contributed by atoms with Gasteiger partial charge in [-0.3, -0.25) is 0 Å². The van der Waals surface area contributed by atoms with E-state index >= 15 is 0 Å². The summed E-state index contributed by atoms with van der Waals surface area (Å²) in [6.07, 6.45) is 3.74. The van der Waals surface area contributed by atoms with Gasteiger partial charge in [-0.15, -0.1) is 0 Å². The SMILES string of the molecule is [CH2-]CC1CCC(C2CCC(C)C(C(F)(F)F)C2)CC1.[Y+3]. The first kappa shape index (κ1) is 18.9. The van der Waals surface area contributed by atoms with Crippen LogP contribution >= 0.6 is 0 Å². The van der Waals surface area contributed by atoms with Crippen molar-refractivity contribution in [3.8, 4) is 0 Å². The standard InChI is InChI=1S/C16H26F3.Y/c1-3-12-5-8-13(9-6-12)14-7-4-11(2)15(10-14)16(17,18)19;/h11-15H,1,3-10H2,2H3;/q-1;+3. The van der Waals surface area contributed by atoms with Gasteiger partial charge in [0.2, 0.25) is 0 Å². The van der Waals surface area contributed by atoms with Crippen LogP contribution in [0.5, 0.6) is 0 Å². The number of hydrogen-bond donors (Lipinski definition) is 0. The average molecular weight is 364 g/mol. The van der Waals surface area contributed by atoms with Crippen molar-refractivity contribution in [3.63, 3.8) is 0 Å². The van der Waals surface area contributed by atoms with E-state index in [0.717, 1.165) is 38.0 Å². The first-order valence-corrected chi connectivity index (χ1v) is 7.77. The largest absolute Gasteiger partial charge is 3.00 e. The molecule has 0 bridgehead atoms. The van der Waals surface area contributed by atoms with E-state index in [1.165, 1.54) is 12.8 Å². The van der Waals surface area contributed by atoms with Gasteiger partial charge in [0.05, 0.1) is 5.92 Å². The van der Waals surface area contributed by atoms with Gasteiger partial charge in [0.15, 0.2) is 0 Å². The summed E-state index contributed by atoms with van der Waals surface area (Å²) in [5.41, 5.74) is 0. The summed E-state index contributed by atoms with van der Waals surface area (Å²) in [5.74, 6) is 0.329. The third-order valence-electron chi connectivity index (χ3n) is 5.62. The number of rotatable bonds is 2. The Bertz CT molecular complexity index is 282.